The molecule has 1 heterocycles. The van der Waals surface area contributed by atoms with Crippen LogP contribution in [0.5, 0.6) is 11.5 Å². The van der Waals surface area contributed by atoms with Crippen LogP contribution in [0.1, 0.15) is 11.1 Å². The number of hydrogen-bond acceptors (Lipinski definition) is 3. The van der Waals surface area contributed by atoms with Crippen molar-refractivity contribution in [2.45, 2.75) is 0 Å². The molecule has 1 amide bonds. The van der Waals surface area contributed by atoms with E-state index in [4.69, 9.17) is 21.1 Å². The SMILES string of the molecule is COc1cc(Cl)cc(/C=C2\C(=O)Nc3ccc(Br)cc32)c1OC. The van der Waals surface area contributed by atoms with Crippen molar-refractivity contribution in [3.05, 3.63) is 51.0 Å². The number of methoxy groups -OCH3 is 2. The molecule has 6 heteroatoms. The Hall–Kier alpha value is -1.98. The van der Waals surface area contributed by atoms with Gasteiger partial charge in [-0.3, -0.25) is 4.79 Å². The van der Waals surface area contributed by atoms with Crippen molar-refractivity contribution >= 4 is 50.8 Å². The number of carbonyl (C=O) groups is 1. The Bertz CT molecular complexity index is 833. The second-order valence-electron chi connectivity index (χ2n) is 4.93. The molecule has 0 aromatic heterocycles. The number of ether oxygens (including phenoxy) is 2. The number of rotatable bonds is 3. The minimum absolute atomic E-state index is 0.168. The average molecular weight is 395 g/mol. The summed E-state index contributed by atoms with van der Waals surface area (Å²) >= 11 is 9.56. The highest BCUT2D eigenvalue weighted by Gasteiger charge is 2.25. The van der Waals surface area contributed by atoms with E-state index in [1.165, 1.54) is 0 Å². The van der Waals surface area contributed by atoms with E-state index in [0.29, 0.717) is 27.7 Å². The molecule has 1 N–H and O–H groups in total. The third kappa shape index (κ3) is 2.94. The van der Waals surface area contributed by atoms with Crippen molar-refractivity contribution in [2.24, 2.45) is 0 Å². The van der Waals surface area contributed by atoms with Crippen molar-refractivity contribution < 1.29 is 14.3 Å². The molecule has 0 saturated carbocycles. The monoisotopic (exact) mass is 393 g/mol. The number of benzene rings is 2. The van der Waals surface area contributed by atoms with E-state index in [2.05, 4.69) is 21.2 Å². The van der Waals surface area contributed by atoms with Gasteiger partial charge in [-0.25, -0.2) is 0 Å². The third-order valence-electron chi connectivity index (χ3n) is 3.54. The van der Waals surface area contributed by atoms with Gasteiger partial charge in [0.25, 0.3) is 5.91 Å². The molecule has 0 fully saturated rings. The molecule has 3 rings (SSSR count). The molecule has 0 unspecified atom stereocenters. The summed E-state index contributed by atoms with van der Waals surface area (Å²) in [5.41, 5.74) is 2.82. The maximum Gasteiger partial charge on any atom is 0.256 e. The second-order valence-corrected chi connectivity index (χ2v) is 6.28. The highest BCUT2D eigenvalue weighted by molar-refractivity contribution is 9.10. The standard InChI is InChI=1S/C17H13BrClNO3/c1-22-15-8-11(19)5-9(16(15)23-2)6-13-12-7-10(18)3-4-14(12)20-17(13)21/h3-8H,1-2H3,(H,20,21)/b13-6-. The molecule has 0 saturated heterocycles. The quantitative estimate of drug-likeness (QED) is 0.773. The van der Waals surface area contributed by atoms with E-state index in [-0.39, 0.29) is 5.91 Å². The maximum absolute atomic E-state index is 12.3. The summed E-state index contributed by atoms with van der Waals surface area (Å²) in [6, 6.07) is 9.03. The Morgan fingerprint density at radius 1 is 1.17 bits per heavy atom. The summed E-state index contributed by atoms with van der Waals surface area (Å²) < 4.78 is 11.6. The number of hydrogen-bond donors (Lipinski definition) is 1. The van der Waals surface area contributed by atoms with Gasteiger partial charge in [0.1, 0.15) is 0 Å². The zero-order valence-corrected chi connectivity index (χ0v) is 14.8. The molecular formula is C17H13BrClNO3. The third-order valence-corrected chi connectivity index (χ3v) is 4.25. The second kappa shape index (κ2) is 6.26. The first kappa shape index (κ1) is 15.9. The van der Waals surface area contributed by atoms with Crippen LogP contribution in [0.3, 0.4) is 0 Å². The van der Waals surface area contributed by atoms with Gasteiger partial charge >= 0.3 is 0 Å². The van der Waals surface area contributed by atoms with Crippen LogP contribution < -0.4 is 14.8 Å². The molecule has 0 atom stereocenters. The molecule has 4 nitrogen and oxygen atoms in total. The number of nitrogens with one attached hydrogen (secondary N) is 1. The highest BCUT2D eigenvalue weighted by atomic mass is 79.9. The fourth-order valence-corrected chi connectivity index (χ4v) is 3.10. The van der Waals surface area contributed by atoms with Gasteiger partial charge in [0, 0.05) is 37.9 Å². The molecule has 2 aromatic carbocycles. The van der Waals surface area contributed by atoms with Gasteiger partial charge in [-0.2, -0.15) is 0 Å². The first-order valence-corrected chi connectivity index (χ1v) is 7.95. The van der Waals surface area contributed by atoms with Crippen LogP contribution in [0.4, 0.5) is 5.69 Å². The van der Waals surface area contributed by atoms with Crippen molar-refractivity contribution in [3.8, 4) is 11.5 Å². The van der Waals surface area contributed by atoms with Crippen molar-refractivity contribution in [1.29, 1.82) is 0 Å². The van der Waals surface area contributed by atoms with Crippen LogP contribution in [-0.4, -0.2) is 20.1 Å². The number of anilines is 1. The van der Waals surface area contributed by atoms with Gasteiger partial charge in [0.15, 0.2) is 11.5 Å². The number of amides is 1. The largest absolute Gasteiger partial charge is 0.493 e. The zero-order valence-electron chi connectivity index (χ0n) is 12.4. The van der Waals surface area contributed by atoms with Crippen LogP contribution in [0.15, 0.2) is 34.8 Å². The first-order chi connectivity index (χ1) is 11.0. The lowest BCUT2D eigenvalue weighted by atomic mass is 10.0. The summed E-state index contributed by atoms with van der Waals surface area (Å²) in [5, 5.41) is 3.34. The van der Waals surface area contributed by atoms with Crippen molar-refractivity contribution in [1.82, 2.24) is 0 Å². The minimum Gasteiger partial charge on any atom is -0.493 e. The lowest BCUT2D eigenvalue weighted by molar-refractivity contribution is -0.110. The maximum atomic E-state index is 12.3. The predicted octanol–water partition coefficient (Wildman–Crippen LogP) is 4.61. The average Bonchev–Trinajstić information content (AvgIpc) is 2.82. The van der Waals surface area contributed by atoms with Gasteiger partial charge in [0.05, 0.1) is 14.2 Å². The van der Waals surface area contributed by atoms with Crippen molar-refractivity contribution in [2.75, 3.05) is 19.5 Å². The van der Waals surface area contributed by atoms with Gasteiger partial charge in [0.2, 0.25) is 0 Å². The molecule has 0 radical (unpaired) electrons. The molecule has 1 aliphatic rings. The lowest BCUT2D eigenvalue weighted by Gasteiger charge is -2.11. The summed E-state index contributed by atoms with van der Waals surface area (Å²) in [6.07, 6.45) is 1.75. The minimum atomic E-state index is -0.168. The number of carbonyl (C=O) groups excluding carboxylic acids is 1. The van der Waals surface area contributed by atoms with Crippen LogP contribution in [0.2, 0.25) is 5.02 Å². The fraction of sp³-hybridized carbons (Fsp3) is 0.118. The number of fused-ring (bicyclic) bond motifs is 1. The van der Waals surface area contributed by atoms with Crippen LogP contribution >= 0.6 is 27.5 Å². The molecule has 2 aromatic rings. The Balaban J connectivity index is 2.18. The molecular weight excluding hydrogens is 382 g/mol. The summed E-state index contributed by atoms with van der Waals surface area (Å²) in [6.45, 7) is 0. The van der Waals surface area contributed by atoms with Crippen molar-refractivity contribution in [3.63, 3.8) is 0 Å². The lowest BCUT2D eigenvalue weighted by Crippen LogP contribution is -2.03. The van der Waals surface area contributed by atoms with E-state index >= 15 is 0 Å². The van der Waals surface area contributed by atoms with Gasteiger partial charge < -0.3 is 14.8 Å². The zero-order chi connectivity index (χ0) is 16.6. The Morgan fingerprint density at radius 3 is 2.65 bits per heavy atom. The van der Waals surface area contributed by atoms with E-state index in [1.54, 1.807) is 32.4 Å². The molecule has 1 aliphatic heterocycles. The van der Waals surface area contributed by atoms with E-state index < -0.39 is 0 Å². The highest BCUT2D eigenvalue weighted by Crippen LogP contribution is 2.39. The van der Waals surface area contributed by atoms with Gasteiger partial charge in [-0.05, 0) is 30.3 Å². The van der Waals surface area contributed by atoms with E-state index in [1.807, 2.05) is 18.2 Å². The normalized spacial score (nSPS) is 14.6. The Labute approximate surface area is 147 Å². The molecule has 23 heavy (non-hydrogen) atoms. The van der Waals surface area contributed by atoms with E-state index in [0.717, 1.165) is 15.7 Å². The first-order valence-electron chi connectivity index (χ1n) is 6.78. The fourth-order valence-electron chi connectivity index (χ4n) is 2.53. The summed E-state index contributed by atoms with van der Waals surface area (Å²) in [5.74, 6) is 0.875. The van der Waals surface area contributed by atoms with Gasteiger partial charge in [-0.15, -0.1) is 0 Å². The molecule has 0 spiro atoms. The summed E-state index contributed by atoms with van der Waals surface area (Å²) in [7, 11) is 3.09. The summed E-state index contributed by atoms with van der Waals surface area (Å²) in [4.78, 5) is 12.3. The smallest absolute Gasteiger partial charge is 0.256 e. The van der Waals surface area contributed by atoms with Crippen LogP contribution in [0.25, 0.3) is 11.6 Å². The van der Waals surface area contributed by atoms with E-state index in [9.17, 15) is 4.79 Å². The number of halogens is 2. The Kier molecular flexibility index (Phi) is 4.33. The molecule has 118 valence electrons. The van der Waals surface area contributed by atoms with Gasteiger partial charge in [-0.1, -0.05) is 27.5 Å². The Morgan fingerprint density at radius 2 is 1.96 bits per heavy atom. The topological polar surface area (TPSA) is 47.6 Å². The predicted molar refractivity (Wildman–Crippen MR) is 95.2 cm³/mol. The van der Waals surface area contributed by atoms with Crippen LogP contribution in [-0.2, 0) is 4.79 Å². The molecule has 0 bridgehead atoms. The van der Waals surface area contributed by atoms with Crippen LogP contribution in [0, 0.1) is 0 Å². The molecule has 0 aliphatic carbocycles.